The third-order valence-electron chi connectivity index (χ3n) is 17.7. The van der Waals surface area contributed by atoms with Gasteiger partial charge in [0.05, 0.1) is 42.1 Å². The highest BCUT2D eigenvalue weighted by Gasteiger charge is 2.51. The van der Waals surface area contributed by atoms with Gasteiger partial charge in [0.25, 0.3) is 0 Å². The van der Waals surface area contributed by atoms with E-state index in [4.69, 9.17) is 0 Å². The lowest BCUT2D eigenvalue weighted by molar-refractivity contribution is -0.152. The Morgan fingerprint density at radius 2 is 0.452 bits per heavy atom. The van der Waals surface area contributed by atoms with Gasteiger partial charge in [-0.25, -0.2) is 0 Å². The minimum Gasteiger partial charge on any atom is -0.392 e. The third kappa shape index (κ3) is 25.3. The molecule has 0 aromatic rings. The monoisotopic (exact) mass is 1190 g/mol. The van der Waals surface area contributed by atoms with E-state index in [-0.39, 0.29) is 59.9 Å². The standard InChI is InChI=1S/C71H140N4O9/c1-56(2,3)38-60(13,14)48(76)64(21,22)42-67(27,28)52(80)72-36-46(74-54(82)68(29,30)43-65(23,24)49(77)61(15,16)39-57(4,5)6)47(75-55(83)69(31,32)44-66(25,26)50(78)62(17,18)40-58(7,8)9)37-73-53(81)70(33,34)45-71(35,84)51(79)63(19,20)41-59(10,11)12/h46-51,76-79,84H,36-45H2,1-35H3,(H,72,80)(H,73,81)(H,74,82)(H,75,83). The van der Waals surface area contributed by atoms with Crippen LogP contribution in [-0.4, -0.2) is 104 Å². The SMILES string of the molecule is CC(C)(C)CC(C)(C)C(O)C(C)(C)CC(C)(C)C(=O)NCC(NC(=O)C(C)(C)CC(C)(C)C(O)C(C)(C)CC(C)(C)C)C(CNC(=O)C(C)(C)CC(C)(O)C(O)C(C)(C)CC(C)(C)C)NC(=O)C(C)(C)CC(C)(C)C(O)C(C)(C)CC(C)(C)C. The number of aliphatic hydroxyl groups is 5. The van der Waals surface area contributed by atoms with Crippen molar-refractivity contribution in [2.75, 3.05) is 13.1 Å². The summed E-state index contributed by atoms with van der Waals surface area (Å²) in [4.78, 5) is 60.1. The average molecular weight is 1190 g/mol. The van der Waals surface area contributed by atoms with Gasteiger partial charge in [-0.3, -0.25) is 19.2 Å². The van der Waals surface area contributed by atoms with Crippen molar-refractivity contribution in [3.63, 3.8) is 0 Å². The topological polar surface area (TPSA) is 218 Å². The van der Waals surface area contributed by atoms with E-state index in [9.17, 15) is 35.1 Å². The highest BCUT2D eigenvalue weighted by Crippen LogP contribution is 2.50. The van der Waals surface area contributed by atoms with Gasteiger partial charge in [-0.1, -0.05) is 235 Å². The average Bonchev–Trinajstić information content (AvgIpc) is 3.20. The van der Waals surface area contributed by atoms with Gasteiger partial charge in [-0.15, -0.1) is 0 Å². The molecular weight excluding hydrogens is 1050 g/mol. The summed E-state index contributed by atoms with van der Waals surface area (Å²) in [6.45, 7) is 69.2. The van der Waals surface area contributed by atoms with E-state index >= 15 is 9.59 Å². The Kier molecular flexibility index (Phi) is 26.3. The van der Waals surface area contributed by atoms with Crippen molar-refractivity contribution in [3.8, 4) is 0 Å². The lowest BCUT2D eigenvalue weighted by atomic mass is 9.61. The number of nitrogens with one attached hydrogen (secondary N) is 4. The molecule has 4 amide bonds. The molecule has 0 aromatic carbocycles. The summed E-state index contributed by atoms with van der Waals surface area (Å²) in [6.07, 6.45) is 0.0122. The number of hydrogen-bond donors (Lipinski definition) is 9. The minimum atomic E-state index is -1.69. The number of aliphatic hydroxyl groups excluding tert-OH is 4. The molecule has 7 atom stereocenters. The first kappa shape index (κ1) is 81.7. The molecule has 0 aliphatic heterocycles. The first-order valence-electron chi connectivity index (χ1n) is 32.0. The molecule has 7 unspecified atom stereocenters. The maximum absolute atomic E-state index is 15.3. The Bertz CT molecular complexity index is 2010. The van der Waals surface area contributed by atoms with Crippen LogP contribution in [0.2, 0.25) is 0 Å². The molecule has 0 fully saturated rings. The summed E-state index contributed by atoms with van der Waals surface area (Å²) < 4.78 is 0. The lowest BCUT2D eigenvalue weighted by Crippen LogP contribution is -2.64. The van der Waals surface area contributed by atoms with E-state index in [0.717, 1.165) is 19.3 Å². The fourth-order valence-corrected chi connectivity index (χ4v) is 17.1. The summed E-state index contributed by atoms with van der Waals surface area (Å²) >= 11 is 0. The minimum absolute atomic E-state index is 0.0538. The molecule has 9 N–H and O–H groups in total. The van der Waals surface area contributed by atoms with Gasteiger partial charge < -0.3 is 46.8 Å². The van der Waals surface area contributed by atoms with Gasteiger partial charge in [0, 0.05) is 34.7 Å². The van der Waals surface area contributed by atoms with Gasteiger partial charge >= 0.3 is 0 Å². The Morgan fingerprint density at radius 1 is 0.274 bits per heavy atom. The zero-order chi connectivity index (χ0) is 67.7. The van der Waals surface area contributed by atoms with Crippen LogP contribution >= 0.6 is 0 Å². The zero-order valence-electron chi connectivity index (χ0n) is 61.4. The summed E-state index contributed by atoms with van der Waals surface area (Å²) in [5.74, 6) is -1.59. The second kappa shape index (κ2) is 27.0. The van der Waals surface area contributed by atoms with Gasteiger partial charge in [-0.2, -0.15) is 0 Å². The van der Waals surface area contributed by atoms with E-state index < -0.39 is 119 Å². The van der Waals surface area contributed by atoms with Gasteiger partial charge in [0.2, 0.25) is 23.6 Å². The summed E-state index contributed by atoms with van der Waals surface area (Å²) in [7, 11) is 0. The molecule has 0 aliphatic carbocycles. The summed E-state index contributed by atoms with van der Waals surface area (Å²) in [5.41, 5.74) is -11.0. The van der Waals surface area contributed by atoms with Crippen molar-refractivity contribution in [2.24, 2.45) is 81.2 Å². The molecule has 0 aliphatic rings. The van der Waals surface area contributed by atoms with Crippen molar-refractivity contribution in [3.05, 3.63) is 0 Å². The highest BCUT2D eigenvalue weighted by atomic mass is 16.3. The smallest absolute Gasteiger partial charge is 0.226 e. The molecule has 0 saturated heterocycles. The van der Waals surface area contributed by atoms with Gasteiger partial charge in [0.15, 0.2) is 0 Å². The van der Waals surface area contributed by atoms with Crippen molar-refractivity contribution in [2.45, 2.75) is 336 Å². The van der Waals surface area contributed by atoms with Crippen LogP contribution in [0.5, 0.6) is 0 Å². The molecule has 0 rings (SSSR count). The molecule has 0 radical (unpaired) electrons. The van der Waals surface area contributed by atoms with E-state index in [1.54, 1.807) is 20.8 Å². The van der Waals surface area contributed by atoms with Gasteiger partial charge in [0.1, 0.15) is 0 Å². The van der Waals surface area contributed by atoms with Gasteiger partial charge in [-0.05, 0) is 118 Å². The molecule has 13 nitrogen and oxygen atoms in total. The molecule has 0 heterocycles. The van der Waals surface area contributed by atoms with Crippen LogP contribution in [0.25, 0.3) is 0 Å². The molecule has 0 spiro atoms. The number of carbonyl (C=O) groups is 4. The van der Waals surface area contributed by atoms with E-state index in [0.29, 0.717) is 12.8 Å². The number of carbonyl (C=O) groups excluding carboxylic acids is 4. The van der Waals surface area contributed by atoms with Crippen LogP contribution in [0, 0.1) is 81.2 Å². The van der Waals surface area contributed by atoms with Crippen LogP contribution in [-0.2, 0) is 19.2 Å². The number of hydrogen-bond acceptors (Lipinski definition) is 9. The Labute approximate surface area is 517 Å². The first-order chi connectivity index (χ1) is 36.3. The normalized spacial score (nSPS) is 17.8. The van der Waals surface area contributed by atoms with E-state index in [1.807, 2.05) is 96.9 Å². The summed E-state index contributed by atoms with van der Waals surface area (Å²) in [5, 5.41) is 73.0. The molecule has 0 aromatic heterocycles. The predicted molar refractivity (Wildman–Crippen MR) is 351 cm³/mol. The van der Waals surface area contributed by atoms with E-state index in [2.05, 4.69) is 146 Å². The maximum atomic E-state index is 15.3. The van der Waals surface area contributed by atoms with Crippen LogP contribution < -0.4 is 21.3 Å². The maximum Gasteiger partial charge on any atom is 0.226 e. The quantitative estimate of drug-likeness (QED) is 0.0322. The van der Waals surface area contributed by atoms with Crippen LogP contribution in [0.3, 0.4) is 0 Å². The second-order valence-electron chi connectivity index (χ2n) is 39.7. The molecule has 13 heteroatoms. The fraction of sp³-hybridized carbons (Fsp3) is 0.944. The van der Waals surface area contributed by atoms with Crippen LogP contribution in [0.4, 0.5) is 0 Å². The van der Waals surface area contributed by atoms with Crippen molar-refractivity contribution in [1.82, 2.24) is 21.3 Å². The van der Waals surface area contributed by atoms with Crippen LogP contribution in [0.1, 0.15) is 294 Å². The molecule has 0 bridgehead atoms. The largest absolute Gasteiger partial charge is 0.392 e. The van der Waals surface area contributed by atoms with E-state index in [1.165, 1.54) is 0 Å². The molecule has 498 valence electrons. The van der Waals surface area contributed by atoms with Crippen molar-refractivity contribution in [1.29, 1.82) is 0 Å². The predicted octanol–water partition coefficient (Wildman–Crippen LogP) is 14.0. The molecular formula is C71H140N4O9. The Morgan fingerprint density at radius 3 is 0.667 bits per heavy atom. The van der Waals surface area contributed by atoms with Crippen LogP contribution in [0.15, 0.2) is 0 Å². The first-order valence-corrected chi connectivity index (χ1v) is 32.0. The number of rotatable bonds is 31. The zero-order valence-corrected chi connectivity index (χ0v) is 61.4. The Hall–Kier alpha value is -2.32. The summed E-state index contributed by atoms with van der Waals surface area (Å²) in [6, 6.07) is -2.09. The third-order valence-corrected chi connectivity index (χ3v) is 17.7. The fourth-order valence-electron chi connectivity index (χ4n) is 17.1. The number of amides is 4. The second-order valence-corrected chi connectivity index (χ2v) is 39.7. The van der Waals surface area contributed by atoms with Crippen molar-refractivity contribution < 1.29 is 44.7 Å². The Balaban J connectivity index is 8.14. The van der Waals surface area contributed by atoms with Crippen molar-refractivity contribution >= 4 is 23.6 Å². The lowest BCUT2D eigenvalue weighted by Gasteiger charge is -2.47. The molecule has 84 heavy (non-hydrogen) atoms. The molecule has 0 saturated carbocycles. The highest BCUT2D eigenvalue weighted by molar-refractivity contribution is 5.85.